The number of nitrogens with one attached hydrogen (secondary N) is 2. The van der Waals surface area contributed by atoms with Gasteiger partial charge in [-0.2, -0.15) is 0 Å². The minimum absolute atomic E-state index is 0.172. The van der Waals surface area contributed by atoms with Crippen molar-refractivity contribution in [1.29, 1.82) is 0 Å². The summed E-state index contributed by atoms with van der Waals surface area (Å²) in [5.41, 5.74) is 5.36. The summed E-state index contributed by atoms with van der Waals surface area (Å²) in [6, 6.07) is 3.66. The van der Waals surface area contributed by atoms with Crippen molar-refractivity contribution in [3.05, 3.63) is 51.8 Å². The Balaban J connectivity index is 2.29. The lowest BCUT2D eigenvalue weighted by atomic mass is 10.2. The molecule has 4 N–H and O–H groups in total. The Bertz CT molecular complexity index is 651. The number of amides is 1. The lowest BCUT2D eigenvalue weighted by molar-refractivity contribution is 0.0999. The summed E-state index contributed by atoms with van der Waals surface area (Å²) < 4.78 is 0. The molecule has 98 valence electrons. The quantitative estimate of drug-likeness (QED) is 0.725. The minimum atomic E-state index is -0.817. The number of nitrogens with zero attached hydrogens (tertiary/aromatic N) is 2. The number of hydrogen-bond acceptors (Lipinski definition) is 5. The standard InChI is InChI=1S/C12H13N5O2/c1-7-16-11(9(10(13)18)12(19)17-7)15-6-8-3-2-4-14-5-8/h2-5H,6H2,1H3,(H2,13,18)(H2,15,16,17,19). The summed E-state index contributed by atoms with van der Waals surface area (Å²) in [5, 5.41) is 2.92. The fraction of sp³-hybridized carbons (Fsp3) is 0.167. The molecule has 0 saturated carbocycles. The van der Waals surface area contributed by atoms with Crippen LogP contribution in [0.1, 0.15) is 21.7 Å². The maximum Gasteiger partial charge on any atom is 0.265 e. The molecule has 0 radical (unpaired) electrons. The third kappa shape index (κ3) is 2.95. The molecule has 2 aromatic rings. The summed E-state index contributed by atoms with van der Waals surface area (Å²) >= 11 is 0. The number of aryl methyl sites for hydroxylation is 1. The van der Waals surface area contributed by atoms with Crippen LogP contribution in [0, 0.1) is 6.92 Å². The van der Waals surface area contributed by atoms with Gasteiger partial charge in [0.25, 0.3) is 11.5 Å². The predicted molar refractivity (Wildman–Crippen MR) is 69.7 cm³/mol. The van der Waals surface area contributed by atoms with Crippen molar-refractivity contribution < 1.29 is 4.79 Å². The maximum absolute atomic E-state index is 11.7. The van der Waals surface area contributed by atoms with E-state index in [1.807, 2.05) is 6.07 Å². The Morgan fingerprint density at radius 2 is 2.32 bits per heavy atom. The summed E-state index contributed by atoms with van der Waals surface area (Å²) in [7, 11) is 0. The Morgan fingerprint density at radius 3 is 2.95 bits per heavy atom. The average molecular weight is 259 g/mol. The van der Waals surface area contributed by atoms with Crippen LogP contribution in [0.3, 0.4) is 0 Å². The zero-order chi connectivity index (χ0) is 13.8. The zero-order valence-corrected chi connectivity index (χ0v) is 10.3. The second-order valence-corrected chi connectivity index (χ2v) is 3.95. The van der Waals surface area contributed by atoms with Gasteiger partial charge in [0.05, 0.1) is 0 Å². The number of pyridine rings is 1. The monoisotopic (exact) mass is 259 g/mol. The van der Waals surface area contributed by atoms with Crippen molar-refractivity contribution >= 4 is 11.7 Å². The Morgan fingerprint density at radius 1 is 1.53 bits per heavy atom. The van der Waals surface area contributed by atoms with Crippen LogP contribution in [0.25, 0.3) is 0 Å². The van der Waals surface area contributed by atoms with Gasteiger partial charge >= 0.3 is 0 Å². The molecule has 0 atom stereocenters. The van der Waals surface area contributed by atoms with Gasteiger partial charge in [0.1, 0.15) is 17.2 Å². The van der Waals surface area contributed by atoms with Crippen molar-refractivity contribution in [1.82, 2.24) is 15.0 Å². The molecule has 0 aliphatic carbocycles. The van der Waals surface area contributed by atoms with Crippen LogP contribution in [0.4, 0.5) is 5.82 Å². The lowest BCUT2D eigenvalue weighted by Crippen LogP contribution is -2.27. The Labute approximate surface area is 108 Å². The first-order chi connectivity index (χ1) is 9.08. The molecule has 0 bridgehead atoms. The lowest BCUT2D eigenvalue weighted by Gasteiger charge is -2.09. The van der Waals surface area contributed by atoms with E-state index in [2.05, 4.69) is 20.3 Å². The number of aromatic nitrogens is 3. The number of carbonyl (C=O) groups is 1. The van der Waals surface area contributed by atoms with Crippen LogP contribution >= 0.6 is 0 Å². The number of anilines is 1. The van der Waals surface area contributed by atoms with Crippen molar-refractivity contribution in [3.63, 3.8) is 0 Å². The molecule has 7 nitrogen and oxygen atoms in total. The molecule has 0 aliphatic heterocycles. The fourth-order valence-electron chi connectivity index (χ4n) is 1.63. The van der Waals surface area contributed by atoms with Gasteiger partial charge in [0.15, 0.2) is 0 Å². The SMILES string of the molecule is Cc1nc(NCc2cccnc2)c(C(N)=O)c(=O)[nH]1. The molecule has 7 heteroatoms. The molecule has 2 aromatic heterocycles. The second kappa shape index (κ2) is 5.30. The van der Waals surface area contributed by atoms with Crippen molar-refractivity contribution in [2.45, 2.75) is 13.5 Å². The van der Waals surface area contributed by atoms with Gasteiger partial charge < -0.3 is 16.0 Å². The highest BCUT2D eigenvalue weighted by atomic mass is 16.2. The highest BCUT2D eigenvalue weighted by molar-refractivity contribution is 5.97. The smallest absolute Gasteiger partial charge is 0.265 e. The Kier molecular flexibility index (Phi) is 3.56. The van der Waals surface area contributed by atoms with E-state index in [1.54, 1.807) is 25.4 Å². The first-order valence-corrected chi connectivity index (χ1v) is 5.61. The molecular formula is C12H13N5O2. The van der Waals surface area contributed by atoms with Gasteiger partial charge in [-0.15, -0.1) is 0 Å². The molecule has 0 fully saturated rings. The molecule has 1 amide bonds. The van der Waals surface area contributed by atoms with Crippen LogP contribution < -0.4 is 16.6 Å². The number of H-pyrrole nitrogens is 1. The van der Waals surface area contributed by atoms with Gasteiger partial charge in [-0.3, -0.25) is 14.6 Å². The summed E-state index contributed by atoms with van der Waals surface area (Å²) in [6.07, 6.45) is 3.34. The zero-order valence-electron chi connectivity index (χ0n) is 10.3. The molecule has 0 unspecified atom stereocenters. The van der Waals surface area contributed by atoms with E-state index in [4.69, 9.17) is 5.73 Å². The maximum atomic E-state index is 11.7. The highest BCUT2D eigenvalue weighted by Crippen LogP contribution is 2.09. The van der Waals surface area contributed by atoms with Crippen LogP contribution in [-0.4, -0.2) is 20.9 Å². The van der Waals surface area contributed by atoms with Crippen molar-refractivity contribution in [2.24, 2.45) is 5.73 Å². The van der Waals surface area contributed by atoms with Crippen LogP contribution in [-0.2, 0) is 6.54 Å². The van der Waals surface area contributed by atoms with Gasteiger partial charge in [0.2, 0.25) is 0 Å². The average Bonchev–Trinajstić information content (AvgIpc) is 2.36. The normalized spacial score (nSPS) is 10.2. The summed E-state index contributed by atoms with van der Waals surface area (Å²) in [6.45, 7) is 2.02. The van der Waals surface area contributed by atoms with E-state index in [1.165, 1.54) is 0 Å². The summed E-state index contributed by atoms with van der Waals surface area (Å²) in [5.74, 6) is -0.233. The molecule has 0 aliphatic rings. The number of primary amides is 1. The van der Waals surface area contributed by atoms with Gasteiger partial charge in [-0.1, -0.05) is 6.07 Å². The Hall–Kier alpha value is -2.70. The van der Waals surface area contributed by atoms with Crippen molar-refractivity contribution in [3.8, 4) is 0 Å². The summed E-state index contributed by atoms with van der Waals surface area (Å²) in [4.78, 5) is 33.4. The van der Waals surface area contributed by atoms with E-state index in [9.17, 15) is 9.59 Å². The number of nitrogens with two attached hydrogens (primary N) is 1. The molecule has 19 heavy (non-hydrogen) atoms. The third-order valence-corrected chi connectivity index (χ3v) is 2.47. The topological polar surface area (TPSA) is 114 Å². The molecule has 0 aromatic carbocycles. The molecule has 0 saturated heterocycles. The van der Waals surface area contributed by atoms with Gasteiger partial charge in [-0.05, 0) is 18.6 Å². The highest BCUT2D eigenvalue weighted by Gasteiger charge is 2.15. The van der Waals surface area contributed by atoms with Crippen LogP contribution in [0.5, 0.6) is 0 Å². The molecule has 0 spiro atoms. The number of aromatic amines is 1. The minimum Gasteiger partial charge on any atom is -0.365 e. The van der Waals surface area contributed by atoms with Crippen LogP contribution in [0.15, 0.2) is 29.3 Å². The first kappa shape index (κ1) is 12.7. The molecule has 2 rings (SSSR count). The van der Waals surface area contributed by atoms with Gasteiger partial charge in [-0.25, -0.2) is 4.98 Å². The van der Waals surface area contributed by atoms with E-state index in [0.29, 0.717) is 12.4 Å². The predicted octanol–water partition coefficient (Wildman–Crippen LogP) is 0.184. The van der Waals surface area contributed by atoms with E-state index < -0.39 is 11.5 Å². The number of rotatable bonds is 4. The van der Waals surface area contributed by atoms with Gasteiger partial charge in [0, 0.05) is 18.9 Å². The van der Waals surface area contributed by atoms with E-state index >= 15 is 0 Å². The first-order valence-electron chi connectivity index (χ1n) is 5.61. The van der Waals surface area contributed by atoms with Crippen molar-refractivity contribution in [2.75, 3.05) is 5.32 Å². The third-order valence-electron chi connectivity index (χ3n) is 2.47. The van der Waals surface area contributed by atoms with E-state index in [0.717, 1.165) is 5.56 Å². The second-order valence-electron chi connectivity index (χ2n) is 3.95. The van der Waals surface area contributed by atoms with E-state index in [-0.39, 0.29) is 11.4 Å². The largest absolute Gasteiger partial charge is 0.365 e. The van der Waals surface area contributed by atoms with Crippen LogP contribution in [0.2, 0.25) is 0 Å². The number of carbonyl (C=O) groups excluding carboxylic acids is 1. The fourth-order valence-corrected chi connectivity index (χ4v) is 1.63. The molecule has 2 heterocycles. The number of hydrogen-bond donors (Lipinski definition) is 3. The molecular weight excluding hydrogens is 246 g/mol.